The van der Waals surface area contributed by atoms with E-state index < -0.39 is 0 Å². The van der Waals surface area contributed by atoms with E-state index in [0.29, 0.717) is 5.56 Å². The number of Topliss-reactive ketones (excluding diaryl/α,β-unsaturated/α-hetero) is 1. The Morgan fingerprint density at radius 2 is 1.92 bits per heavy atom. The average Bonchev–Trinajstić information content (AvgIpc) is 2.06. The van der Waals surface area contributed by atoms with Crippen LogP contribution in [0.4, 0.5) is 4.39 Å². The number of hydrogen-bond donors (Lipinski definition) is 0. The highest BCUT2D eigenvalue weighted by Gasteiger charge is 2.00. The Bertz CT molecular complexity index is 340. The van der Waals surface area contributed by atoms with Crippen molar-refractivity contribution in [3.05, 3.63) is 35.6 Å². The smallest absolute Gasteiger partial charge is 0.235 e. The summed E-state index contributed by atoms with van der Waals surface area (Å²) in [6.45, 7) is 1.58. The van der Waals surface area contributed by atoms with Crippen molar-refractivity contribution in [1.82, 2.24) is 0 Å². The van der Waals surface area contributed by atoms with E-state index in [9.17, 15) is 9.18 Å². The number of halogens is 1. The van der Waals surface area contributed by atoms with Crippen molar-refractivity contribution in [2.45, 2.75) is 6.92 Å². The minimum atomic E-state index is -0.351. The number of ketones is 1. The zero-order valence-corrected chi connectivity index (χ0v) is 6.60. The van der Waals surface area contributed by atoms with Crippen molar-refractivity contribution in [1.29, 1.82) is 0 Å². The van der Waals surface area contributed by atoms with E-state index in [-0.39, 0.29) is 11.6 Å². The van der Waals surface area contributed by atoms with Crippen molar-refractivity contribution in [2.24, 2.45) is 0 Å². The molecule has 0 fully saturated rings. The Hall–Kier alpha value is -1.62. The first kappa shape index (κ1) is 8.48. The minimum Gasteiger partial charge on any atom is -0.279 e. The zero-order chi connectivity index (χ0) is 8.97. The van der Waals surface area contributed by atoms with Gasteiger partial charge < -0.3 is 0 Å². The molecule has 60 valence electrons. The summed E-state index contributed by atoms with van der Waals surface area (Å²) in [5.74, 6) is 4.23. The van der Waals surface area contributed by atoms with Gasteiger partial charge in [-0.05, 0) is 37.1 Å². The van der Waals surface area contributed by atoms with Crippen LogP contribution in [0.1, 0.15) is 17.3 Å². The van der Waals surface area contributed by atoms with E-state index in [4.69, 9.17) is 0 Å². The minimum absolute atomic E-state index is 0.280. The van der Waals surface area contributed by atoms with Crippen LogP contribution in [-0.2, 0) is 0 Å². The Kier molecular flexibility index (Phi) is 2.60. The number of hydrogen-bond acceptors (Lipinski definition) is 1. The van der Waals surface area contributed by atoms with Crippen LogP contribution in [0.15, 0.2) is 24.3 Å². The number of benzene rings is 1. The Labute approximate surface area is 70.2 Å². The van der Waals surface area contributed by atoms with Gasteiger partial charge in [0.25, 0.3) is 0 Å². The third-order valence-electron chi connectivity index (χ3n) is 1.34. The fourth-order valence-electron chi connectivity index (χ4n) is 0.787. The van der Waals surface area contributed by atoms with Crippen LogP contribution in [0, 0.1) is 17.7 Å². The second-order valence-electron chi connectivity index (χ2n) is 2.21. The monoisotopic (exact) mass is 162 g/mol. The molecule has 0 radical (unpaired) electrons. The highest BCUT2D eigenvalue weighted by atomic mass is 19.1. The summed E-state index contributed by atoms with van der Waals surface area (Å²) in [7, 11) is 0. The van der Waals surface area contributed by atoms with Gasteiger partial charge in [0.05, 0.1) is 0 Å². The molecule has 12 heavy (non-hydrogen) atoms. The van der Waals surface area contributed by atoms with Gasteiger partial charge in [0.2, 0.25) is 5.78 Å². The first-order valence-corrected chi connectivity index (χ1v) is 3.46. The molecule has 0 atom stereocenters. The van der Waals surface area contributed by atoms with Crippen molar-refractivity contribution in [3.8, 4) is 11.8 Å². The largest absolute Gasteiger partial charge is 0.279 e. The summed E-state index contributed by atoms with van der Waals surface area (Å²) in [6, 6.07) is 5.32. The van der Waals surface area contributed by atoms with Crippen LogP contribution in [0.2, 0.25) is 0 Å². The SMILES string of the molecule is CC#CC(=O)c1ccc(F)cc1. The summed E-state index contributed by atoms with van der Waals surface area (Å²) < 4.78 is 12.4. The van der Waals surface area contributed by atoms with Gasteiger partial charge in [0.15, 0.2) is 0 Å². The highest BCUT2D eigenvalue weighted by molar-refractivity contribution is 6.08. The molecule has 0 aliphatic rings. The summed E-state index contributed by atoms with van der Waals surface area (Å²) in [6.07, 6.45) is 0. The second kappa shape index (κ2) is 3.68. The number of carbonyl (C=O) groups is 1. The Morgan fingerprint density at radius 3 is 2.42 bits per heavy atom. The van der Waals surface area contributed by atoms with Gasteiger partial charge in [-0.3, -0.25) is 4.79 Å². The van der Waals surface area contributed by atoms with Crippen LogP contribution >= 0.6 is 0 Å². The molecule has 0 saturated heterocycles. The molecule has 0 spiro atoms. The normalized spacial score (nSPS) is 8.50. The predicted molar refractivity (Wildman–Crippen MR) is 44.2 cm³/mol. The van der Waals surface area contributed by atoms with E-state index in [1.54, 1.807) is 6.92 Å². The van der Waals surface area contributed by atoms with Crippen molar-refractivity contribution in [3.63, 3.8) is 0 Å². The van der Waals surface area contributed by atoms with Gasteiger partial charge in [-0.1, -0.05) is 5.92 Å². The van der Waals surface area contributed by atoms with Gasteiger partial charge in [-0.2, -0.15) is 0 Å². The third kappa shape index (κ3) is 1.93. The van der Waals surface area contributed by atoms with E-state index >= 15 is 0 Å². The lowest BCUT2D eigenvalue weighted by molar-refractivity contribution is 0.105. The highest BCUT2D eigenvalue weighted by Crippen LogP contribution is 2.02. The summed E-state index contributed by atoms with van der Waals surface area (Å²) >= 11 is 0. The molecule has 0 aromatic heterocycles. The van der Waals surface area contributed by atoms with Crippen molar-refractivity contribution < 1.29 is 9.18 Å². The standard InChI is InChI=1S/C10H7FO/c1-2-3-10(12)8-4-6-9(11)7-5-8/h4-7H,1H3. The summed E-state index contributed by atoms with van der Waals surface area (Å²) in [4.78, 5) is 11.1. The molecule has 0 bridgehead atoms. The number of rotatable bonds is 1. The molecule has 0 saturated carbocycles. The van der Waals surface area contributed by atoms with Gasteiger partial charge in [-0.15, -0.1) is 0 Å². The lowest BCUT2D eigenvalue weighted by Gasteiger charge is -1.91. The van der Waals surface area contributed by atoms with Gasteiger partial charge in [0.1, 0.15) is 5.82 Å². The molecule has 0 unspecified atom stereocenters. The van der Waals surface area contributed by atoms with Crippen LogP contribution in [0.3, 0.4) is 0 Å². The van der Waals surface area contributed by atoms with Crippen LogP contribution in [-0.4, -0.2) is 5.78 Å². The number of carbonyl (C=O) groups excluding carboxylic acids is 1. The maximum Gasteiger partial charge on any atom is 0.235 e. The molecule has 0 amide bonds. The molecule has 0 heterocycles. The molecule has 1 aromatic rings. The Morgan fingerprint density at radius 1 is 1.33 bits per heavy atom. The Balaban J connectivity index is 2.95. The maximum absolute atomic E-state index is 12.4. The zero-order valence-electron chi connectivity index (χ0n) is 6.60. The molecule has 1 aromatic carbocycles. The average molecular weight is 162 g/mol. The third-order valence-corrected chi connectivity index (χ3v) is 1.34. The van der Waals surface area contributed by atoms with Crippen molar-refractivity contribution >= 4 is 5.78 Å². The fourth-order valence-corrected chi connectivity index (χ4v) is 0.787. The van der Waals surface area contributed by atoms with E-state index in [2.05, 4.69) is 11.8 Å². The van der Waals surface area contributed by atoms with Gasteiger partial charge in [0, 0.05) is 5.56 Å². The topological polar surface area (TPSA) is 17.1 Å². The predicted octanol–water partition coefficient (Wildman–Crippen LogP) is 2.03. The fraction of sp³-hybridized carbons (Fsp3) is 0.100. The molecule has 2 heteroatoms. The molecular weight excluding hydrogens is 155 g/mol. The van der Waals surface area contributed by atoms with Gasteiger partial charge in [-0.25, -0.2) is 4.39 Å². The lowest BCUT2D eigenvalue weighted by atomic mass is 10.1. The van der Waals surface area contributed by atoms with E-state index in [1.165, 1.54) is 24.3 Å². The molecule has 0 aliphatic carbocycles. The maximum atomic E-state index is 12.4. The van der Waals surface area contributed by atoms with E-state index in [1.807, 2.05) is 0 Å². The molecule has 0 N–H and O–H groups in total. The first-order valence-electron chi connectivity index (χ1n) is 3.46. The van der Waals surface area contributed by atoms with E-state index in [0.717, 1.165) is 0 Å². The molecular formula is C10H7FO. The van der Waals surface area contributed by atoms with Crippen LogP contribution in [0.5, 0.6) is 0 Å². The van der Waals surface area contributed by atoms with Crippen molar-refractivity contribution in [2.75, 3.05) is 0 Å². The molecule has 0 aliphatic heterocycles. The summed E-state index contributed by atoms with van der Waals surface area (Å²) in [5, 5.41) is 0. The molecule has 1 nitrogen and oxygen atoms in total. The summed E-state index contributed by atoms with van der Waals surface area (Å²) in [5.41, 5.74) is 0.422. The van der Waals surface area contributed by atoms with Crippen LogP contribution in [0.25, 0.3) is 0 Å². The second-order valence-corrected chi connectivity index (χ2v) is 2.21. The first-order chi connectivity index (χ1) is 5.74. The quantitative estimate of drug-likeness (QED) is 0.351. The lowest BCUT2D eigenvalue weighted by Crippen LogP contribution is -1.93. The molecule has 1 rings (SSSR count). The van der Waals surface area contributed by atoms with Crippen LogP contribution < -0.4 is 0 Å². The van der Waals surface area contributed by atoms with Gasteiger partial charge >= 0.3 is 0 Å².